The minimum Gasteiger partial charge on any atom is -0.497 e. The quantitative estimate of drug-likeness (QED) is 0.0958. The summed E-state index contributed by atoms with van der Waals surface area (Å²) in [5, 5.41) is 0. The maximum Gasteiger partial charge on any atom is 0.340 e. The average Bonchev–Trinajstić information content (AvgIpc) is 3.56. The van der Waals surface area contributed by atoms with Crippen LogP contribution in [0.25, 0.3) is 0 Å². The number of hydrogen-bond donors (Lipinski definition) is 0. The number of rotatable bonds is 4. The Morgan fingerprint density at radius 1 is 0.531 bits per heavy atom. The predicted molar refractivity (Wildman–Crippen MR) is 250 cm³/mol. The molecular formula is C54H58O10. The van der Waals surface area contributed by atoms with E-state index in [1.165, 1.54) is 34.6 Å². The summed E-state index contributed by atoms with van der Waals surface area (Å²) >= 11 is 0. The number of hydrogen-bond acceptors (Lipinski definition) is 10. The monoisotopic (exact) mass is 866 g/mol. The number of methoxy groups -OCH3 is 2. The van der Waals surface area contributed by atoms with Crippen LogP contribution >= 0.6 is 0 Å². The van der Waals surface area contributed by atoms with E-state index in [9.17, 15) is 24.0 Å². The molecule has 334 valence electrons. The van der Waals surface area contributed by atoms with Crippen LogP contribution in [0.15, 0.2) is 152 Å². The summed E-state index contributed by atoms with van der Waals surface area (Å²) in [5.41, 5.74) is 3.23. The van der Waals surface area contributed by atoms with E-state index in [2.05, 4.69) is 20.8 Å². The topological polar surface area (TPSA) is 132 Å². The minimum atomic E-state index is -1.16. The highest BCUT2D eigenvalue weighted by atomic mass is 16.6. The first-order chi connectivity index (χ1) is 30.3. The molecule has 1 unspecified atom stereocenters. The molecule has 0 fully saturated rings. The highest BCUT2D eigenvalue weighted by Gasteiger charge is 2.53. The van der Waals surface area contributed by atoms with Crippen molar-refractivity contribution in [3.05, 3.63) is 185 Å². The molecule has 1 atom stereocenters. The summed E-state index contributed by atoms with van der Waals surface area (Å²) < 4.78 is 28.0. The number of carbonyl (C=O) groups is 5. The SMILES string of the molecule is CC(C)=O.CC(C)=O.COc1ccc(C(C)=O)cc1C(C)(C)C.COc1ccc2c(c1)Oc1cc(OC(C)=O)ccc1C21OC(=O)c2ccccc21.c1ccccc1.c1ccccc1. The van der Waals surface area contributed by atoms with Crippen LogP contribution in [-0.4, -0.2) is 43.5 Å². The van der Waals surface area contributed by atoms with Gasteiger partial charge in [-0.3, -0.25) is 9.59 Å². The molecule has 0 aromatic heterocycles. The largest absolute Gasteiger partial charge is 0.497 e. The zero-order valence-corrected chi connectivity index (χ0v) is 38.5. The van der Waals surface area contributed by atoms with Crippen LogP contribution < -0.4 is 18.9 Å². The Hall–Kier alpha value is -7.33. The molecule has 6 aromatic carbocycles. The lowest BCUT2D eigenvalue weighted by Crippen LogP contribution is -2.33. The predicted octanol–water partition coefficient (Wildman–Crippen LogP) is 11.9. The van der Waals surface area contributed by atoms with E-state index in [0.717, 1.165) is 22.4 Å². The number of ketones is 3. The minimum absolute atomic E-state index is 0.0171. The van der Waals surface area contributed by atoms with Crippen molar-refractivity contribution in [2.45, 2.75) is 73.3 Å². The van der Waals surface area contributed by atoms with Gasteiger partial charge in [-0.2, -0.15) is 0 Å². The molecule has 10 nitrogen and oxygen atoms in total. The number of fused-ring (bicyclic) bond motifs is 6. The van der Waals surface area contributed by atoms with E-state index < -0.39 is 17.5 Å². The van der Waals surface area contributed by atoms with Crippen molar-refractivity contribution in [3.8, 4) is 28.7 Å². The summed E-state index contributed by atoms with van der Waals surface area (Å²) in [6.45, 7) is 15.3. The van der Waals surface area contributed by atoms with Gasteiger partial charge in [-0.05, 0) is 88.6 Å². The molecule has 1 spiro atoms. The van der Waals surface area contributed by atoms with Gasteiger partial charge in [0.25, 0.3) is 0 Å². The summed E-state index contributed by atoms with van der Waals surface area (Å²) in [5.74, 6) is 2.31. The lowest BCUT2D eigenvalue weighted by Gasteiger charge is -2.36. The molecule has 0 saturated carbocycles. The molecule has 6 aromatic rings. The Morgan fingerprint density at radius 2 is 0.984 bits per heavy atom. The number of Topliss-reactive ketones (excluding diaryl/α,β-unsaturated/α-hetero) is 3. The van der Waals surface area contributed by atoms with Gasteiger partial charge in [0.2, 0.25) is 0 Å². The lowest BCUT2D eigenvalue weighted by molar-refractivity contribution is -0.132. The smallest absolute Gasteiger partial charge is 0.340 e. The third kappa shape index (κ3) is 14.7. The maximum atomic E-state index is 12.7. The molecule has 8 rings (SSSR count). The zero-order valence-electron chi connectivity index (χ0n) is 38.5. The maximum absolute atomic E-state index is 12.7. The molecular weight excluding hydrogens is 809 g/mol. The first kappa shape index (κ1) is 51.0. The van der Waals surface area contributed by atoms with E-state index in [4.69, 9.17) is 23.7 Å². The van der Waals surface area contributed by atoms with Crippen molar-refractivity contribution in [3.63, 3.8) is 0 Å². The second kappa shape index (κ2) is 24.3. The number of ether oxygens (including phenoxy) is 5. The van der Waals surface area contributed by atoms with Gasteiger partial charge in [-0.15, -0.1) is 0 Å². The lowest BCUT2D eigenvalue weighted by atomic mass is 9.77. The van der Waals surface area contributed by atoms with Crippen LogP contribution in [-0.2, 0) is 30.1 Å². The van der Waals surface area contributed by atoms with Gasteiger partial charge in [-0.25, -0.2) is 4.79 Å². The molecule has 0 radical (unpaired) electrons. The Balaban J connectivity index is 0.000000257. The Morgan fingerprint density at radius 3 is 1.41 bits per heavy atom. The van der Waals surface area contributed by atoms with Gasteiger partial charge < -0.3 is 33.3 Å². The highest BCUT2D eigenvalue weighted by molar-refractivity contribution is 5.97. The molecule has 0 bridgehead atoms. The Labute approximate surface area is 377 Å². The Bertz CT molecular complexity index is 2380. The van der Waals surface area contributed by atoms with Gasteiger partial charge >= 0.3 is 11.9 Å². The van der Waals surface area contributed by atoms with Crippen LogP contribution in [0.3, 0.4) is 0 Å². The molecule has 0 saturated heterocycles. The molecule has 10 heteroatoms. The Kier molecular flexibility index (Phi) is 19.4. The fraction of sp³-hybridized carbons (Fsp3) is 0.241. The van der Waals surface area contributed by atoms with Crippen molar-refractivity contribution in [1.29, 1.82) is 0 Å². The molecule has 0 N–H and O–H groups in total. The highest BCUT2D eigenvalue weighted by Crippen LogP contribution is 2.57. The summed E-state index contributed by atoms with van der Waals surface area (Å²) in [6.07, 6.45) is 0. The number of esters is 2. The molecule has 2 aliphatic heterocycles. The average molecular weight is 867 g/mol. The fourth-order valence-corrected chi connectivity index (χ4v) is 6.28. The molecule has 64 heavy (non-hydrogen) atoms. The normalized spacial score (nSPS) is 13.2. The van der Waals surface area contributed by atoms with Gasteiger partial charge in [0.1, 0.15) is 40.3 Å². The second-order valence-electron chi connectivity index (χ2n) is 15.7. The van der Waals surface area contributed by atoms with Crippen LogP contribution in [0.5, 0.6) is 28.7 Å². The van der Waals surface area contributed by atoms with E-state index in [1.807, 2.05) is 103 Å². The third-order valence-corrected chi connectivity index (χ3v) is 8.90. The van der Waals surface area contributed by atoms with E-state index >= 15 is 0 Å². The fourth-order valence-electron chi connectivity index (χ4n) is 6.28. The van der Waals surface area contributed by atoms with Crippen molar-refractivity contribution in [2.75, 3.05) is 14.2 Å². The van der Waals surface area contributed by atoms with Gasteiger partial charge in [0, 0.05) is 46.9 Å². The van der Waals surface area contributed by atoms with E-state index in [1.54, 1.807) is 69.7 Å². The first-order valence-electron chi connectivity index (χ1n) is 20.5. The van der Waals surface area contributed by atoms with Crippen LogP contribution in [0, 0.1) is 0 Å². The summed E-state index contributed by atoms with van der Waals surface area (Å²) in [4.78, 5) is 54.3. The first-order valence-corrected chi connectivity index (χ1v) is 20.5. The summed E-state index contributed by atoms with van der Waals surface area (Å²) in [6, 6.07) is 47.3. The molecule has 0 aliphatic carbocycles. The van der Waals surface area contributed by atoms with Crippen LogP contribution in [0.1, 0.15) is 105 Å². The van der Waals surface area contributed by atoms with Gasteiger partial charge in [0.05, 0.1) is 19.8 Å². The summed E-state index contributed by atoms with van der Waals surface area (Å²) in [7, 11) is 3.22. The standard InChI is InChI=1S/C23H16O6.C13H18O2.2C6H6.2C3H6O/c1-13(24)27-15-8-10-19-21(12-15)28-20-11-14(26-2)7-9-18(20)23(19)17-6-4-3-5-16(17)22(25)29-23;1-9(14)10-6-7-12(15-5)11(8-10)13(2,3)4;2*1-2-4-6-5-3-1;2*1-3(2)4/h3-12H,1-2H3;6-8H,1-5H3;2*1-6H;2*1-2H3. The van der Waals surface area contributed by atoms with Gasteiger partial charge in [-0.1, -0.05) is 112 Å². The van der Waals surface area contributed by atoms with E-state index in [0.29, 0.717) is 39.7 Å². The van der Waals surface area contributed by atoms with Gasteiger partial charge in [0.15, 0.2) is 11.4 Å². The molecule has 0 amide bonds. The van der Waals surface area contributed by atoms with Crippen LogP contribution in [0.4, 0.5) is 0 Å². The van der Waals surface area contributed by atoms with Crippen molar-refractivity contribution >= 4 is 29.3 Å². The van der Waals surface area contributed by atoms with Crippen molar-refractivity contribution in [2.24, 2.45) is 0 Å². The van der Waals surface area contributed by atoms with E-state index in [-0.39, 0.29) is 22.8 Å². The zero-order chi connectivity index (χ0) is 47.5. The van der Waals surface area contributed by atoms with Crippen LogP contribution in [0.2, 0.25) is 0 Å². The molecule has 2 heterocycles. The number of benzene rings is 6. The third-order valence-electron chi connectivity index (χ3n) is 8.90. The van der Waals surface area contributed by atoms with Crippen molar-refractivity contribution in [1.82, 2.24) is 0 Å². The second-order valence-corrected chi connectivity index (χ2v) is 15.7. The molecule has 2 aliphatic rings. The number of carbonyl (C=O) groups excluding carboxylic acids is 5. The van der Waals surface area contributed by atoms with Crippen molar-refractivity contribution < 1.29 is 47.7 Å².